The van der Waals surface area contributed by atoms with Gasteiger partial charge in [0.25, 0.3) is 0 Å². The number of nitrogens with one attached hydrogen (secondary N) is 1. The van der Waals surface area contributed by atoms with Gasteiger partial charge in [-0.25, -0.2) is 4.98 Å². The van der Waals surface area contributed by atoms with Crippen LogP contribution in [0.1, 0.15) is 107 Å². The summed E-state index contributed by atoms with van der Waals surface area (Å²) >= 11 is 0. The predicted octanol–water partition coefficient (Wildman–Crippen LogP) is 8.44. The lowest BCUT2D eigenvalue weighted by Gasteiger charge is -2.31. The molecule has 2 heteroatoms. The Hall–Kier alpha value is -1.83. The van der Waals surface area contributed by atoms with Gasteiger partial charge < -0.3 is 4.98 Å². The molecule has 0 bridgehead atoms. The highest BCUT2D eigenvalue weighted by atomic mass is 14.9. The number of imidazole rings is 1. The maximum Gasteiger partial charge on any atom is 0.110 e. The number of aromatic nitrogens is 2. The van der Waals surface area contributed by atoms with Gasteiger partial charge in [0, 0.05) is 17.2 Å². The molecule has 0 aromatic carbocycles. The van der Waals surface area contributed by atoms with Crippen molar-refractivity contribution in [3.63, 3.8) is 0 Å². The summed E-state index contributed by atoms with van der Waals surface area (Å²) < 4.78 is 0. The fraction of sp³-hybridized carbons (Fsp3) is 0.607. The highest BCUT2D eigenvalue weighted by Gasteiger charge is 2.26. The molecule has 2 nitrogen and oxygen atoms in total. The first-order chi connectivity index (χ1) is 14.7. The molecule has 1 N–H and O–H groups in total. The summed E-state index contributed by atoms with van der Waals surface area (Å²) in [4.78, 5) is 8.65. The first kappa shape index (κ1) is 22.8. The number of hydrogen-bond donors (Lipinski definition) is 1. The van der Waals surface area contributed by atoms with Gasteiger partial charge in [-0.15, -0.1) is 0 Å². The van der Waals surface area contributed by atoms with Crippen LogP contribution < -0.4 is 0 Å². The fourth-order valence-electron chi connectivity index (χ4n) is 5.68. The first-order valence-corrected chi connectivity index (χ1v) is 12.4. The van der Waals surface area contributed by atoms with E-state index in [2.05, 4.69) is 31.1 Å². The Balaban J connectivity index is 1.62. The molecule has 0 saturated heterocycles. The minimum absolute atomic E-state index is 0.575. The van der Waals surface area contributed by atoms with E-state index in [1.165, 1.54) is 89.3 Å². The number of allylic oxidation sites excluding steroid dienone is 6. The van der Waals surface area contributed by atoms with Crippen LogP contribution in [0.4, 0.5) is 0 Å². The molecular weight excluding hydrogens is 364 g/mol. The van der Waals surface area contributed by atoms with Crippen LogP contribution in [-0.2, 0) is 0 Å². The highest BCUT2D eigenvalue weighted by Crippen LogP contribution is 2.39. The third kappa shape index (κ3) is 6.33. The number of H-pyrrole nitrogens is 1. The van der Waals surface area contributed by atoms with Crippen molar-refractivity contribution >= 4 is 5.57 Å². The lowest BCUT2D eigenvalue weighted by molar-refractivity contribution is 0.215. The Morgan fingerprint density at radius 1 is 0.833 bits per heavy atom. The summed E-state index contributed by atoms with van der Waals surface area (Å²) in [6.45, 7) is 9.86. The minimum atomic E-state index is 0.575. The second-order valence-electron chi connectivity index (χ2n) is 9.47. The topological polar surface area (TPSA) is 28.7 Å². The van der Waals surface area contributed by atoms with E-state index >= 15 is 0 Å². The number of rotatable bonds is 6. The summed E-state index contributed by atoms with van der Waals surface area (Å²) in [5.41, 5.74) is 3.27. The van der Waals surface area contributed by atoms with Gasteiger partial charge in [0.15, 0.2) is 0 Å². The molecule has 2 aliphatic rings. The molecule has 30 heavy (non-hydrogen) atoms. The smallest absolute Gasteiger partial charge is 0.110 e. The van der Waals surface area contributed by atoms with E-state index < -0.39 is 0 Å². The maximum atomic E-state index is 5.03. The van der Waals surface area contributed by atoms with E-state index in [1.807, 2.05) is 18.2 Å². The van der Waals surface area contributed by atoms with Crippen molar-refractivity contribution in [1.29, 1.82) is 0 Å². The average molecular weight is 407 g/mol. The van der Waals surface area contributed by atoms with Crippen LogP contribution in [-0.4, -0.2) is 9.97 Å². The Kier molecular flexibility index (Phi) is 9.24. The number of aryl methyl sites for hydroxylation is 1. The van der Waals surface area contributed by atoms with Crippen molar-refractivity contribution in [3.8, 4) is 0 Å². The van der Waals surface area contributed by atoms with E-state index in [4.69, 9.17) is 4.98 Å². The van der Waals surface area contributed by atoms with E-state index in [0.29, 0.717) is 5.92 Å². The summed E-state index contributed by atoms with van der Waals surface area (Å²) in [5.74, 6) is 3.74. The molecule has 0 spiro atoms. The summed E-state index contributed by atoms with van der Waals surface area (Å²) in [5, 5.41) is 0. The third-order valence-corrected chi connectivity index (χ3v) is 7.38. The van der Waals surface area contributed by atoms with Gasteiger partial charge >= 0.3 is 0 Å². The van der Waals surface area contributed by atoms with E-state index in [0.717, 1.165) is 28.8 Å². The fourth-order valence-corrected chi connectivity index (χ4v) is 5.68. The molecule has 2 aliphatic carbocycles. The van der Waals surface area contributed by atoms with E-state index in [1.54, 1.807) is 6.08 Å². The van der Waals surface area contributed by atoms with Crippen LogP contribution >= 0.6 is 0 Å². The zero-order valence-electron chi connectivity index (χ0n) is 19.2. The molecule has 2 saturated carbocycles. The van der Waals surface area contributed by atoms with Gasteiger partial charge in [0.2, 0.25) is 0 Å². The molecule has 1 aromatic rings. The van der Waals surface area contributed by atoms with Crippen molar-refractivity contribution in [2.45, 2.75) is 96.3 Å². The van der Waals surface area contributed by atoms with Gasteiger partial charge in [-0.3, -0.25) is 0 Å². The van der Waals surface area contributed by atoms with E-state index in [-0.39, 0.29) is 0 Å². The zero-order chi connectivity index (χ0) is 21.2. The molecule has 2 fully saturated rings. The molecule has 0 unspecified atom stereocenters. The molecule has 0 aliphatic heterocycles. The van der Waals surface area contributed by atoms with Crippen molar-refractivity contribution in [2.24, 2.45) is 11.8 Å². The molecule has 0 atom stereocenters. The Bertz CT molecular complexity index is 718. The zero-order valence-corrected chi connectivity index (χ0v) is 19.2. The molecule has 0 amide bonds. The van der Waals surface area contributed by atoms with Gasteiger partial charge in [-0.05, 0) is 31.6 Å². The van der Waals surface area contributed by atoms with Crippen molar-refractivity contribution in [1.82, 2.24) is 9.97 Å². The largest absolute Gasteiger partial charge is 0.345 e. The standard InChI is InChI=1S/C28H42N2/c1-4-6-10-15-23(5-2)27-22(3)29-28(30-27)26-20-13-18-25(19-14-21-26)24-16-11-8-7-9-12-17-24/h4-6,10,15,24-26H,1-2,7-9,11-14,16-21H2,3H3,(H,29,30)/b10-6-,23-15+. The number of nitrogens with zero attached hydrogens (tertiary/aromatic N) is 1. The molecule has 3 rings (SSSR count). The molecular formula is C28H42N2. The van der Waals surface area contributed by atoms with Crippen LogP contribution in [0.5, 0.6) is 0 Å². The molecule has 1 heterocycles. The number of hydrogen-bond acceptors (Lipinski definition) is 1. The van der Waals surface area contributed by atoms with Crippen molar-refractivity contribution in [2.75, 3.05) is 0 Å². The maximum absolute atomic E-state index is 5.03. The van der Waals surface area contributed by atoms with Gasteiger partial charge in [-0.2, -0.15) is 0 Å². The monoisotopic (exact) mass is 406 g/mol. The average Bonchev–Trinajstić information content (AvgIpc) is 3.07. The second-order valence-corrected chi connectivity index (χ2v) is 9.47. The Labute approximate surface area is 184 Å². The van der Waals surface area contributed by atoms with Crippen LogP contribution in [0.15, 0.2) is 43.5 Å². The van der Waals surface area contributed by atoms with Crippen LogP contribution in [0.3, 0.4) is 0 Å². The SMILES string of the molecule is C=C/C=C\C=C(/C=C)c1nc(C2CCCC(C3CCCCCCC3)CCC2)[nH]c1C. The second kappa shape index (κ2) is 12.1. The van der Waals surface area contributed by atoms with Crippen molar-refractivity contribution in [3.05, 3.63) is 60.8 Å². The normalized spacial score (nSPS) is 25.3. The van der Waals surface area contributed by atoms with Gasteiger partial charge in [0.05, 0.1) is 5.69 Å². The number of aromatic amines is 1. The Morgan fingerprint density at radius 3 is 2.03 bits per heavy atom. The lowest BCUT2D eigenvalue weighted by Crippen LogP contribution is -2.19. The molecule has 164 valence electrons. The van der Waals surface area contributed by atoms with E-state index in [9.17, 15) is 0 Å². The lowest BCUT2D eigenvalue weighted by atomic mass is 9.75. The summed E-state index contributed by atoms with van der Waals surface area (Å²) in [6, 6.07) is 0. The molecule has 1 aromatic heterocycles. The summed E-state index contributed by atoms with van der Waals surface area (Å²) in [7, 11) is 0. The van der Waals surface area contributed by atoms with Gasteiger partial charge in [-0.1, -0.05) is 114 Å². The van der Waals surface area contributed by atoms with Crippen LogP contribution in [0.25, 0.3) is 5.57 Å². The molecule has 0 radical (unpaired) electrons. The predicted molar refractivity (Wildman–Crippen MR) is 131 cm³/mol. The quantitative estimate of drug-likeness (QED) is 0.472. The Morgan fingerprint density at radius 2 is 1.43 bits per heavy atom. The minimum Gasteiger partial charge on any atom is -0.345 e. The van der Waals surface area contributed by atoms with Crippen molar-refractivity contribution < 1.29 is 0 Å². The first-order valence-electron chi connectivity index (χ1n) is 12.4. The van der Waals surface area contributed by atoms with Crippen LogP contribution in [0, 0.1) is 18.8 Å². The van der Waals surface area contributed by atoms with Crippen LogP contribution in [0.2, 0.25) is 0 Å². The third-order valence-electron chi connectivity index (χ3n) is 7.38. The van der Waals surface area contributed by atoms with Gasteiger partial charge in [0.1, 0.15) is 5.82 Å². The highest BCUT2D eigenvalue weighted by molar-refractivity contribution is 5.73. The summed E-state index contributed by atoms with van der Waals surface area (Å²) in [6.07, 6.45) is 28.2.